The van der Waals surface area contributed by atoms with E-state index < -0.39 is 17.5 Å². The minimum Gasteiger partial charge on any atom is -0.444 e. The maximum atomic E-state index is 14.2. The first-order valence-electron chi connectivity index (χ1n) is 10.6. The van der Waals surface area contributed by atoms with Crippen molar-refractivity contribution in [3.63, 3.8) is 0 Å². The summed E-state index contributed by atoms with van der Waals surface area (Å²) in [4.78, 5) is 31.7. The smallest absolute Gasteiger partial charge is 0.412 e. The molecule has 8 heteroatoms. The number of halogens is 1. The second-order valence-electron chi connectivity index (χ2n) is 8.79. The van der Waals surface area contributed by atoms with E-state index in [1.54, 1.807) is 43.9 Å². The zero-order chi connectivity index (χ0) is 23.6. The molecule has 1 aromatic heterocycles. The molecule has 7 nitrogen and oxygen atoms in total. The zero-order valence-electron chi connectivity index (χ0n) is 18.7. The summed E-state index contributed by atoms with van der Waals surface area (Å²) < 4.78 is 19.5. The van der Waals surface area contributed by atoms with Gasteiger partial charge in [0.15, 0.2) is 0 Å². The monoisotopic (exact) mass is 448 g/mol. The number of rotatable bonds is 4. The zero-order valence-corrected chi connectivity index (χ0v) is 18.7. The Morgan fingerprint density at radius 1 is 1.00 bits per heavy atom. The van der Waals surface area contributed by atoms with Crippen LogP contribution in [0.2, 0.25) is 0 Å². The van der Waals surface area contributed by atoms with E-state index in [0.29, 0.717) is 18.8 Å². The van der Waals surface area contributed by atoms with Gasteiger partial charge in [0.05, 0.1) is 11.4 Å². The van der Waals surface area contributed by atoms with E-state index in [9.17, 15) is 14.0 Å². The molecule has 0 aliphatic carbocycles. The lowest BCUT2D eigenvalue weighted by molar-refractivity contribution is 0.0634. The van der Waals surface area contributed by atoms with Gasteiger partial charge in [0.2, 0.25) is 0 Å². The van der Waals surface area contributed by atoms with E-state index in [-0.39, 0.29) is 23.1 Å². The third-order valence-corrected chi connectivity index (χ3v) is 4.95. The number of nitrogens with zero attached hydrogens (tertiary/aromatic N) is 2. The van der Waals surface area contributed by atoms with Crippen LogP contribution in [0.1, 0.15) is 42.4 Å². The summed E-state index contributed by atoms with van der Waals surface area (Å²) in [6.07, 6.45) is -0.669. The molecule has 0 bridgehead atoms. The number of carbonyl (C=O) groups is 2. The van der Waals surface area contributed by atoms with Gasteiger partial charge in [-0.3, -0.25) is 10.1 Å². The number of para-hydroxylation sites is 1. The molecule has 0 fully saturated rings. The van der Waals surface area contributed by atoms with E-state index in [4.69, 9.17) is 4.74 Å². The van der Waals surface area contributed by atoms with Crippen LogP contribution in [0.3, 0.4) is 0 Å². The van der Waals surface area contributed by atoms with Crippen molar-refractivity contribution in [3.8, 4) is 0 Å². The molecule has 1 aliphatic heterocycles. The van der Waals surface area contributed by atoms with E-state index in [2.05, 4.69) is 15.6 Å². The van der Waals surface area contributed by atoms with Gasteiger partial charge in [-0.05, 0) is 50.1 Å². The molecule has 33 heavy (non-hydrogen) atoms. The van der Waals surface area contributed by atoms with E-state index >= 15 is 0 Å². The van der Waals surface area contributed by atoms with E-state index in [1.807, 2.05) is 24.3 Å². The number of fused-ring (bicyclic) bond motifs is 1. The lowest BCUT2D eigenvalue weighted by Crippen LogP contribution is -2.28. The minimum absolute atomic E-state index is 0.121. The van der Waals surface area contributed by atoms with E-state index in [1.165, 1.54) is 18.2 Å². The molecule has 0 saturated carbocycles. The fraction of sp³-hybridized carbons (Fsp3) is 0.240. The maximum Gasteiger partial charge on any atom is 0.412 e. The molecule has 2 N–H and O–H groups in total. The number of hydrogen-bond donors (Lipinski definition) is 2. The molecule has 1 aliphatic rings. The molecular formula is C25H25FN4O3. The summed E-state index contributed by atoms with van der Waals surface area (Å²) in [7, 11) is 0. The van der Waals surface area contributed by atoms with Crippen LogP contribution in [0.4, 0.5) is 26.4 Å². The Labute approximate surface area is 191 Å². The van der Waals surface area contributed by atoms with Gasteiger partial charge in [-0.25, -0.2) is 14.2 Å². The van der Waals surface area contributed by atoms with Crippen LogP contribution in [0, 0.1) is 5.82 Å². The molecule has 170 valence electrons. The van der Waals surface area contributed by atoms with Gasteiger partial charge in [0.25, 0.3) is 5.91 Å². The van der Waals surface area contributed by atoms with Gasteiger partial charge in [-0.2, -0.15) is 0 Å². The Morgan fingerprint density at radius 3 is 2.27 bits per heavy atom. The molecule has 0 radical (unpaired) electrons. The van der Waals surface area contributed by atoms with Crippen molar-refractivity contribution in [2.75, 3.05) is 10.6 Å². The first kappa shape index (κ1) is 22.3. The fourth-order valence-electron chi connectivity index (χ4n) is 3.54. The lowest BCUT2D eigenvalue weighted by Gasteiger charge is -2.20. The first-order chi connectivity index (χ1) is 15.7. The standard InChI is InChI=1S/C25H25FN4O3/c1-25(2,3)33-24(32)27-18-12-21(23(31)30-14-16-8-4-5-9-17(16)15-30)29-22(13-18)28-20-11-7-6-10-19(20)26/h4-13H,14-15H2,1-3H3,(H2,27,28,29,32). The molecule has 4 rings (SSSR count). The molecule has 0 unspecified atom stereocenters. The molecule has 3 aromatic rings. The number of hydrogen-bond acceptors (Lipinski definition) is 5. The summed E-state index contributed by atoms with van der Waals surface area (Å²) in [5.74, 6) is -0.544. The highest BCUT2D eigenvalue weighted by Gasteiger charge is 2.26. The molecule has 0 spiro atoms. The molecule has 2 amide bonds. The summed E-state index contributed by atoms with van der Waals surface area (Å²) in [5, 5.41) is 5.52. The van der Waals surface area contributed by atoms with Crippen LogP contribution in [-0.2, 0) is 17.8 Å². The quantitative estimate of drug-likeness (QED) is 0.553. The number of aromatic nitrogens is 1. The third kappa shape index (κ3) is 5.46. The van der Waals surface area contributed by atoms with Crippen molar-refractivity contribution in [2.24, 2.45) is 0 Å². The number of anilines is 3. The highest BCUT2D eigenvalue weighted by atomic mass is 19.1. The van der Waals surface area contributed by atoms with Crippen molar-refractivity contribution in [1.82, 2.24) is 9.88 Å². The normalized spacial score (nSPS) is 12.8. The van der Waals surface area contributed by atoms with Gasteiger partial charge >= 0.3 is 6.09 Å². The molecular weight excluding hydrogens is 423 g/mol. The Hall–Kier alpha value is -3.94. The SMILES string of the molecule is CC(C)(C)OC(=O)Nc1cc(Nc2ccccc2F)nc(C(=O)N2Cc3ccccc3C2)c1. The summed E-state index contributed by atoms with van der Waals surface area (Å²) in [6.45, 7) is 6.20. The predicted octanol–water partition coefficient (Wildman–Crippen LogP) is 5.47. The van der Waals surface area contributed by atoms with Crippen molar-refractivity contribution in [2.45, 2.75) is 39.5 Å². The largest absolute Gasteiger partial charge is 0.444 e. The van der Waals surface area contributed by atoms with Gasteiger partial charge in [-0.15, -0.1) is 0 Å². The number of ether oxygens (including phenoxy) is 1. The Balaban J connectivity index is 1.63. The summed E-state index contributed by atoms with van der Waals surface area (Å²) >= 11 is 0. The van der Waals surface area contributed by atoms with Crippen LogP contribution >= 0.6 is 0 Å². The second kappa shape index (κ2) is 8.90. The number of benzene rings is 2. The number of nitrogens with one attached hydrogen (secondary N) is 2. The average Bonchev–Trinajstić information content (AvgIpc) is 3.17. The van der Waals surface area contributed by atoms with Gasteiger partial charge in [0.1, 0.15) is 22.9 Å². The number of pyridine rings is 1. The maximum absolute atomic E-state index is 14.2. The molecule has 2 heterocycles. The van der Waals surface area contributed by atoms with Gasteiger partial charge < -0.3 is 15.0 Å². The average molecular weight is 448 g/mol. The van der Waals surface area contributed by atoms with Crippen LogP contribution in [0.25, 0.3) is 0 Å². The summed E-state index contributed by atoms with van der Waals surface area (Å²) in [5.41, 5.74) is 2.10. The third-order valence-electron chi connectivity index (χ3n) is 4.95. The van der Waals surface area contributed by atoms with Crippen LogP contribution in [0.15, 0.2) is 60.7 Å². The molecule has 0 atom stereocenters. The molecule has 0 saturated heterocycles. The minimum atomic E-state index is -0.689. The fourth-order valence-corrected chi connectivity index (χ4v) is 3.54. The van der Waals surface area contributed by atoms with E-state index in [0.717, 1.165) is 11.1 Å². The first-order valence-corrected chi connectivity index (χ1v) is 10.6. The second-order valence-corrected chi connectivity index (χ2v) is 8.79. The lowest BCUT2D eigenvalue weighted by atomic mass is 10.1. The van der Waals surface area contributed by atoms with Crippen LogP contribution in [-0.4, -0.2) is 27.5 Å². The van der Waals surface area contributed by atoms with Gasteiger partial charge in [-0.1, -0.05) is 36.4 Å². The Morgan fingerprint density at radius 2 is 1.64 bits per heavy atom. The predicted molar refractivity (Wildman–Crippen MR) is 124 cm³/mol. The van der Waals surface area contributed by atoms with Crippen molar-refractivity contribution >= 4 is 29.2 Å². The van der Waals surface area contributed by atoms with Crippen LogP contribution < -0.4 is 10.6 Å². The van der Waals surface area contributed by atoms with Crippen molar-refractivity contribution < 1.29 is 18.7 Å². The highest BCUT2D eigenvalue weighted by molar-refractivity contribution is 5.95. The Bertz CT molecular complexity index is 1180. The number of amides is 2. The Kier molecular flexibility index (Phi) is 6.00. The highest BCUT2D eigenvalue weighted by Crippen LogP contribution is 2.27. The van der Waals surface area contributed by atoms with Crippen molar-refractivity contribution in [3.05, 3.63) is 83.3 Å². The van der Waals surface area contributed by atoms with Crippen LogP contribution in [0.5, 0.6) is 0 Å². The molecule has 2 aromatic carbocycles. The van der Waals surface area contributed by atoms with Gasteiger partial charge in [0, 0.05) is 19.2 Å². The summed E-state index contributed by atoms with van der Waals surface area (Å²) in [6, 6.07) is 17.0. The number of carbonyl (C=O) groups excluding carboxylic acids is 2. The van der Waals surface area contributed by atoms with Crippen molar-refractivity contribution in [1.29, 1.82) is 0 Å². The topological polar surface area (TPSA) is 83.6 Å².